The Balaban J connectivity index is 2.19. The number of aryl methyl sites for hydroxylation is 1. The minimum absolute atomic E-state index is 0.0577. The Bertz CT molecular complexity index is 626. The number of H-pyrrole nitrogens is 1. The van der Waals surface area contributed by atoms with Crippen molar-refractivity contribution in [1.29, 1.82) is 0 Å². The zero-order valence-corrected chi connectivity index (χ0v) is 11.0. The minimum atomic E-state index is -4.43. The van der Waals surface area contributed by atoms with Gasteiger partial charge in [0.2, 0.25) is 5.82 Å². The number of nitrogens with one attached hydrogen (secondary N) is 2. The molecule has 0 aliphatic heterocycles. The quantitative estimate of drug-likeness (QED) is 0.855. The maximum absolute atomic E-state index is 12.4. The highest BCUT2D eigenvalue weighted by Crippen LogP contribution is 2.40. The second-order valence-corrected chi connectivity index (χ2v) is 4.85. The van der Waals surface area contributed by atoms with Gasteiger partial charge >= 0.3 is 5.51 Å². The van der Waals surface area contributed by atoms with E-state index in [1.165, 1.54) is 24.3 Å². The summed E-state index contributed by atoms with van der Waals surface area (Å²) in [5.41, 5.74) is -4.37. The number of thioether (sulfide) groups is 1. The van der Waals surface area contributed by atoms with E-state index in [1.54, 1.807) is 6.92 Å². The third kappa shape index (κ3) is 3.73. The molecule has 0 atom stereocenters. The van der Waals surface area contributed by atoms with E-state index in [4.69, 9.17) is 0 Å². The molecule has 1 aromatic carbocycles. The van der Waals surface area contributed by atoms with Crippen molar-refractivity contribution in [2.75, 3.05) is 5.32 Å². The number of aromatic amines is 1. The molecule has 2 rings (SSSR count). The Morgan fingerprint density at radius 3 is 2.65 bits per heavy atom. The van der Waals surface area contributed by atoms with E-state index in [9.17, 15) is 18.0 Å². The number of anilines is 1. The third-order valence-corrected chi connectivity index (χ3v) is 2.97. The number of carbonyl (C=O) groups excluding carboxylic acids is 1. The Labute approximate surface area is 116 Å². The van der Waals surface area contributed by atoms with Gasteiger partial charge < -0.3 is 5.32 Å². The second-order valence-electron chi connectivity index (χ2n) is 3.74. The summed E-state index contributed by atoms with van der Waals surface area (Å²) >= 11 is -0.294. The number of para-hydroxylation sites is 1. The third-order valence-electron chi connectivity index (χ3n) is 2.16. The molecule has 106 valence electrons. The highest BCUT2D eigenvalue weighted by atomic mass is 32.2. The molecule has 0 aliphatic rings. The number of alkyl halides is 3. The van der Waals surface area contributed by atoms with Gasteiger partial charge in [0, 0.05) is 4.90 Å². The molecule has 0 saturated heterocycles. The molecule has 0 bridgehead atoms. The van der Waals surface area contributed by atoms with E-state index in [1.807, 2.05) is 0 Å². The van der Waals surface area contributed by atoms with Gasteiger partial charge in [0.15, 0.2) is 0 Å². The molecule has 1 heterocycles. The van der Waals surface area contributed by atoms with Crippen LogP contribution in [0.3, 0.4) is 0 Å². The van der Waals surface area contributed by atoms with Crippen LogP contribution in [-0.2, 0) is 0 Å². The average molecular weight is 302 g/mol. The highest BCUT2D eigenvalue weighted by Gasteiger charge is 2.30. The summed E-state index contributed by atoms with van der Waals surface area (Å²) in [6.07, 6.45) is 0. The SMILES string of the molecule is Cc1nc(C(=O)Nc2ccccc2SC(F)(F)F)n[nH]1. The molecular formula is C11H9F3N4OS. The van der Waals surface area contributed by atoms with Crippen LogP contribution < -0.4 is 5.32 Å². The van der Waals surface area contributed by atoms with Crippen LogP contribution in [0.15, 0.2) is 29.2 Å². The van der Waals surface area contributed by atoms with Crippen LogP contribution >= 0.6 is 11.8 Å². The summed E-state index contributed by atoms with van der Waals surface area (Å²) in [7, 11) is 0. The number of rotatable bonds is 3. The molecule has 0 saturated carbocycles. The molecule has 20 heavy (non-hydrogen) atoms. The van der Waals surface area contributed by atoms with E-state index in [0.717, 1.165) is 0 Å². The molecule has 0 fully saturated rings. The van der Waals surface area contributed by atoms with E-state index in [2.05, 4.69) is 20.5 Å². The first-order chi connectivity index (χ1) is 9.35. The van der Waals surface area contributed by atoms with Crippen molar-refractivity contribution < 1.29 is 18.0 Å². The molecule has 0 spiro atoms. The Morgan fingerprint density at radius 2 is 2.05 bits per heavy atom. The number of carbonyl (C=O) groups is 1. The number of halogens is 3. The zero-order valence-electron chi connectivity index (χ0n) is 10.2. The normalized spacial score (nSPS) is 11.4. The smallest absolute Gasteiger partial charge is 0.318 e. The van der Waals surface area contributed by atoms with Crippen molar-refractivity contribution in [2.45, 2.75) is 17.3 Å². The van der Waals surface area contributed by atoms with Crippen molar-refractivity contribution >= 4 is 23.4 Å². The number of nitrogens with zero attached hydrogens (tertiary/aromatic N) is 2. The molecule has 9 heteroatoms. The van der Waals surface area contributed by atoms with Crippen LogP contribution in [-0.4, -0.2) is 26.6 Å². The van der Waals surface area contributed by atoms with E-state index in [-0.39, 0.29) is 28.2 Å². The lowest BCUT2D eigenvalue weighted by Gasteiger charge is -2.11. The fourth-order valence-electron chi connectivity index (χ4n) is 1.41. The summed E-state index contributed by atoms with van der Waals surface area (Å²) in [4.78, 5) is 15.5. The fourth-order valence-corrected chi connectivity index (χ4v) is 2.03. The molecule has 0 radical (unpaired) electrons. The number of benzene rings is 1. The van der Waals surface area contributed by atoms with Gasteiger partial charge in [0.25, 0.3) is 5.91 Å². The zero-order chi connectivity index (χ0) is 14.8. The number of hydrogen-bond donors (Lipinski definition) is 2. The van der Waals surface area contributed by atoms with Gasteiger partial charge in [-0.25, -0.2) is 4.98 Å². The lowest BCUT2D eigenvalue weighted by atomic mass is 10.3. The van der Waals surface area contributed by atoms with E-state index < -0.39 is 11.4 Å². The van der Waals surface area contributed by atoms with E-state index in [0.29, 0.717) is 5.82 Å². The minimum Gasteiger partial charge on any atom is -0.318 e. The predicted octanol–water partition coefficient (Wildman–Crippen LogP) is 2.98. The lowest BCUT2D eigenvalue weighted by Crippen LogP contribution is -2.15. The van der Waals surface area contributed by atoms with Gasteiger partial charge in [-0.3, -0.25) is 9.89 Å². The van der Waals surface area contributed by atoms with Gasteiger partial charge in [-0.15, -0.1) is 5.10 Å². The van der Waals surface area contributed by atoms with Crippen molar-refractivity contribution in [3.63, 3.8) is 0 Å². The molecular weight excluding hydrogens is 293 g/mol. The summed E-state index contributed by atoms with van der Waals surface area (Å²) in [5.74, 6) is -0.369. The van der Waals surface area contributed by atoms with Crippen molar-refractivity contribution in [3.8, 4) is 0 Å². The number of hydrogen-bond acceptors (Lipinski definition) is 4. The summed E-state index contributed by atoms with van der Waals surface area (Å²) in [5, 5.41) is 8.48. The van der Waals surface area contributed by atoms with Crippen LogP contribution in [0.5, 0.6) is 0 Å². The molecule has 1 amide bonds. The molecule has 5 nitrogen and oxygen atoms in total. The van der Waals surface area contributed by atoms with Crippen LogP contribution in [0, 0.1) is 6.92 Å². The average Bonchev–Trinajstić information content (AvgIpc) is 2.77. The maximum atomic E-state index is 12.4. The van der Waals surface area contributed by atoms with Gasteiger partial charge in [-0.1, -0.05) is 12.1 Å². The van der Waals surface area contributed by atoms with Crippen molar-refractivity contribution in [2.24, 2.45) is 0 Å². The molecule has 1 aromatic heterocycles. The van der Waals surface area contributed by atoms with Gasteiger partial charge in [-0.05, 0) is 30.8 Å². The van der Waals surface area contributed by atoms with Gasteiger partial charge in [0.1, 0.15) is 5.82 Å². The number of amides is 1. The van der Waals surface area contributed by atoms with Crippen LogP contribution in [0.25, 0.3) is 0 Å². The van der Waals surface area contributed by atoms with E-state index >= 15 is 0 Å². The maximum Gasteiger partial charge on any atom is 0.446 e. The van der Waals surface area contributed by atoms with Crippen LogP contribution in [0.4, 0.5) is 18.9 Å². The molecule has 2 N–H and O–H groups in total. The Hall–Kier alpha value is -2.03. The lowest BCUT2D eigenvalue weighted by molar-refractivity contribution is -0.0328. The second kappa shape index (κ2) is 5.53. The summed E-state index contributed by atoms with van der Waals surface area (Å²) in [6.45, 7) is 1.61. The summed E-state index contributed by atoms with van der Waals surface area (Å²) in [6, 6.07) is 5.64. The Kier molecular flexibility index (Phi) is 3.98. The van der Waals surface area contributed by atoms with Crippen molar-refractivity contribution in [3.05, 3.63) is 35.9 Å². The molecule has 2 aromatic rings. The molecule has 0 aliphatic carbocycles. The number of aromatic nitrogens is 3. The first kappa shape index (κ1) is 14.4. The molecule has 0 unspecified atom stereocenters. The van der Waals surface area contributed by atoms with Crippen LogP contribution in [0.2, 0.25) is 0 Å². The first-order valence-corrected chi connectivity index (χ1v) is 6.22. The fraction of sp³-hybridized carbons (Fsp3) is 0.182. The van der Waals surface area contributed by atoms with Gasteiger partial charge in [0.05, 0.1) is 5.69 Å². The topological polar surface area (TPSA) is 70.7 Å². The van der Waals surface area contributed by atoms with Crippen molar-refractivity contribution in [1.82, 2.24) is 15.2 Å². The largest absolute Gasteiger partial charge is 0.446 e. The summed E-state index contributed by atoms with van der Waals surface area (Å²) < 4.78 is 37.2. The monoisotopic (exact) mass is 302 g/mol. The Morgan fingerprint density at radius 1 is 1.35 bits per heavy atom. The first-order valence-electron chi connectivity index (χ1n) is 5.40. The predicted molar refractivity (Wildman–Crippen MR) is 67.4 cm³/mol. The highest BCUT2D eigenvalue weighted by molar-refractivity contribution is 8.00. The van der Waals surface area contributed by atoms with Gasteiger partial charge in [-0.2, -0.15) is 13.2 Å². The van der Waals surface area contributed by atoms with Crippen LogP contribution in [0.1, 0.15) is 16.4 Å². The standard InChI is InChI=1S/C11H9F3N4OS/c1-6-15-9(18-17-6)10(19)16-7-4-2-3-5-8(7)20-11(12,13)14/h2-5H,1H3,(H,16,19)(H,15,17,18).